The number of carbonyl (C=O) groups is 1. The molecule has 0 heterocycles. The monoisotopic (exact) mass is 706 g/mol. The smallest absolute Gasteiger partial charge is 0.220 e. The number of aliphatic hydroxyl groups excluding tert-OH is 2. The Morgan fingerprint density at radius 1 is 0.460 bits per heavy atom. The highest BCUT2D eigenvalue weighted by molar-refractivity contribution is 5.76. The van der Waals surface area contributed by atoms with Crippen molar-refractivity contribution in [3.63, 3.8) is 0 Å². The molecule has 0 radical (unpaired) electrons. The molecule has 0 fully saturated rings. The lowest BCUT2D eigenvalue weighted by atomic mass is 10.0. The van der Waals surface area contributed by atoms with Crippen molar-refractivity contribution in [2.75, 3.05) is 6.61 Å². The second-order valence-electron chi connectivity index (χ2n) is 15.8. The summed E-state index contributed by atoms with van der Waals surface area (Å²) >= 11 is 0. The molecule has 2 unspecified atom stereocenters. The number of allylic oxidation sites excluding steroid dienone is 1. The minimum atomic E-state index is -0.832. The Bertz CT molecular complexity index is 680. The Hall–Kier alpha value is -0.870. The van der Waals surface area contributed by atoms with Crippen molar-refractivity contribution in [3.8, 4) is 0 Å². The predicted molar refractivity (Wildman–Crippen MR) is 221 cm³/mol. The van der Waals surface area contributed by atoms with Crippen LogP contribution in [0.2, 0.25) is 0 Å². The van der Waals surface area contributed by atoms with Gasteiger partial charge in [0.15, 0.2) is 0 Å². The molecule has 3 N–H and O–H groups in total. The first kappa shape index (κ1) is 49.1. The molecule has 1 amide bonds. The maximum absolute atomic E-state index is 12.4. The molecule has 0 aromatic rings. The van der Waals surface area contributed by atoms with Crippen molar-refractivity contribution in [2.24, 2.45) is 0 Å². The molecule has 0 bridgehead atoms. The summed E-state index contributed by atoms with van der Waals surface area (Å²) in [6.45, 7) is 4.31. The second kappa shape index (κ2) is 42.5. The van der Waals surface area contributed by atoms with E-state index in [-0.39, 0.29) is 12.5 Å². The summed E-state index contributed by atoms with van der Waals surface area (Å²) in [4.78, 5) is 12.4. The van der Waals surface area contributed by atoms with Crippen molar-refractivity contribution in [2.45, 2.75) is 270 Å². The van der Waals surface area contributed by atoms with Crippen molar-refractivity contribution in [1.29, 1.82) is 0 Å². The van der Waals surface area contributed by atoms with E-state index in [1.807, 2.05) is 6.08 Å². The average molecular weight is 706 g/mol. The number of rotatable bonds is 42. The summed E-state index contributed by atoms with van der Waals surface area (Å²) in [5, 5.41) is 22.9. The van der Waals surface area contributed by atoms with Gasteiger partial charge < -0.3 is 15.5 Å². The van der Waals surface area contributed by atoms with Gasteiger partial charge in [0.05, 0.1) is 18.8 Å². The third-order valence-corrected chi connectivity index (χ3v) is 10.8. The Morgan fingerprint density at radius 2 is 0.740 bits per heavy atom. The number of carbonyl (C=O) groups excluding carboxylic acids is 1. The van der Waals surface area contributed by atoms with Gasteiger partial charge in [0, 0.05) is 6.42 Å². The van der Waals surface area contributed by atoms with Gasteiger partial charge in [-0.3, -0.25) is 4.79 Å². The van der Waals surface area contributed by atoms with Crippen molar-refractivity contribution in [3.05, 3.63) is 12.2 Å². The van der Waals surface area contributed by atoms with Gasteiger partial charge in [0.1, 0.15) is 0 Å². The predicted octanol–water partition coefficient (Wildman–Crippen LogP) is 14.2. The van der Waals surface area contributed by atoms with Gasteiger partial charge in [-0.05, 0) is 19.3 Å². The van der Waals surface area contributed by atoms with E-state index in [1.54, 1.807) is 6.08 Å². The molecule has 0 spiro atoms. The molecule has 0 saturated carbocycles. The molecule has 0 aliphatic heterocycles. The van der Waals surface area contributed by atoms with E-state index >= 15 is 0 Å². The van der Waals surface area contributed by atoms with E-state index in [9.17, 15) is 15.0 Å². The van der Waals surface area contributed by atoms with Crippen LogP contribution in [0.15, 0.2) is 12.2 Å². The minimum absolute atomic E-state index is 0.0602. The summed E-state index contributed by atoms with van der Waals surface area (Å²) in [5.41, 5.74) is 0. The standard InChI is InChI=1S/C46H91NO3/c1-3-5-7-9-11-13-15-16-17-18-19-20-21-22-23-24-25-26-27-28-29-30-32-34-36-38-40-42-46(50)47-44(43-48)45(49)41-39-37-35-33-31-14-12-10-8-6-4-2/h39,41,44-45,48-49H,3-38,40,42-43H2,1-2H3,(H,47,50)/b41-39+. The summed E-state index contributed by atoms with van der Waals surface area (Å²) in [7, 11) is 0. The molecule has 0 rings (SSSR count). The molecule has 0 aliphatic carbocycles. The first-order valence-electron chi connectivity index (χ1n) is 22.9. The van der Waals surface area contributed by atoms with Crippen LogP contribution < -0.4 is 5.32 Å². The Kier molecular flexibility index (Phi) is 41.8. The minimum Gasteiger partial charge on any atom is -0.394 e. The first-order chi connectivity index (χ1) is 24.7. The first-order valence-corrected chi connectivity index (χ1v) is 22.9. The summed E-state index contributed by atoms with van der Waals surface area (Å²) in [6.07, 6.45) is 53.4. The van der Waals surface area contributed by atoms with Gasteiger partial charge in [0.25, 0.3) is 0 Å². The lowest BCUT2D eigenvalue weighted by molar-refractivity contribution is -0.123. The zero-order chi connectivity index (χ0) is 36.4. The van der Waals surface area contributed by atoms with E-state index in [4.69, 9.17) is 0 Å². The van der Waals surface area contributed by atoms with Crippen molar-refractivity contribution < 1.29 is 15.0 Å². The lowest BCUT2D eigenvalue weighted by Gasteiger charge is -2.20. The fourth-order valence-corrected chi connectivity index (χ4v) is 7.24. The Labute approximate surface area is 314 Å². The quantitative estimate of drug-likeness (QED) is 0.0437. The fourth-order valence-electron chi connectivity index (χ4n) is 7.24. The van der Waals surface area contributed by atoms with Crippen LogP contribution in [-0.2, 0) is 4.79 Å². The maximum atomic E-state index is 12.4. The van der Waals surface area contributed by atoms with Gasteiger partial charge in [-0.15, -0.1) is 0 Å². The number of hydrogen-bond acceptors (Lipinski definition) is 3. The molecule has 0 saturated heterocycles. The lowest BCUT2D eigenvalue weighted by Crippen LogP contribution is -2.45. The Morgan fingerprint density at radius 3 is 1.04 bits per heavy atom. The van der Waals surface area contributed by atoms with Crippen LogP contribution in [0.5, 0.6) is 0 Å². The zero-order valence-corrected chi connectivity index (χ0v) is 34.2. The van der Waals surface area contributed by atoms with Crippen molar-refractivity contribution in [1.82, 2.24) is 5.32 Å². The van der Waals surface area contributed by atoms with Crippen LogP contribution >= 0.6 is 0 Å². The van der Waals surface area contributed by atoms with Crippen LogP contribution in [-0.4, -0.2) is 34.9 Å². The summed E-state index contributed by atoms with van der Waals surface area (Å²) in [6, 6.07) is -0.615. The molecular weight excluding hydrogens is 615 g/mol. The zero-order valence-electron chi connectivity index (χ0n) is 34.2. The highest BCUT2D eigenvalue weighted by Gasteiger charge is 2.17. The van der Waals surface area contributed by atoms with Crippen LogP contribution in [0, 0.1) is 0 Å². The normalized spacial score (nSPS) is 13.0. The highest BCUT2D eigenvalue weighted by atomic mass is 16.3. The van der Waals surface area contributed by atoms with Crippen LogP contribution in [0.1, 0.15) is 258 Å². The van der Waals surface area contributed by atoms with Crippen LogP contribution in [0.4, 0.5) is 0 Å². The number of amides is 1. The molecule has 298 valence electrons. The molecule has 4 nitrogen and oxygen atoms in total. The number of unbranched alkanes of at least 4 members (excludes halogenated alkanes) is 35. The van der Waals surface area contributed by atoms with Gasteiger partial charge >= 0.3 is 0 Å². The summed E-state index contributed by atoms with van der Waals surface area (Å²) in [5.74, 6) is -0.0602. The molecule has 4 heteroatoms. The van der Waals surface area contributed by atoms with Gasteiger partial charge in [0.2, 0.25) is 5.91 Å². The van der Waals surface area contributed by atoms with Gasteiger partial charge in [-0.2, -0.15) is 0 Å². The molecule has 50 heavy (non-hydrogen) atoms. The van der Waals surface area contributed by atoms with E-state index in [0.717, 1.165) is 25.7 Å². The van der Waals surface area contributed by atoms with E-state index in [2.05, 4.69) is 19.2 Å². The third-order valence-electron chi connectivity index (χ3n) is 10.8. The maximum Gasteiger partial charge on any atom is 0.220 e. The van der Waals surface area contributed by atoms with Gasteiger partial charge in [-0.1, -0.05) is 244 Å². The SMILES string of the molecule is CCCCCCCCCCC/C=C/C(O)C(CO)NC(=O)CCCCCCCCCCCCCCCCCCCCCCCCCCCCC. The number of hydrogen-bond donors (Lipinski definition) is 3. The van der Waals surface area contributed by atoms with Crippen molar-refractivity contribution >= 4 is 5.91 Å². The molecule has 2 atom stereocenters. The molecular formula is C46H91NO3. The van der Waals surface area contributed by atoms with E-state index in [0.29, 0.717) is 6.42 Å². The topological polar surface area (TPSA) is 69.6 Å². The third kappa shape index (κ3) is 38.4. The highest BCUT2D eigenvalue weighted by Crippen LogP contribution is 2.17. The summed E-state index contributed by atoms with van der Waals surface area (Å²) < 4.78 is 0. The molecule has 0 aliphatic rings. The molecule has 0 aromatic heterocycles. The number of nitrogens with one attached hydrogen (secondary N) is 1. The van der Waals surface area contributed by atoms with Crippen LogP contribution in [0.3, 0.4) is 0 Å². The molecule has 0 aromatic carbocycles. The Balaban J connectivity index is 3.42. The van der Waals surface area contributed by atoms with E-state index in [1.165, 1.54) is 212 Å². The van der Waals surface area contributed by atoms with E-state index < -0.39 is 12.1 Å². The van der Waals surface area contributed by atoms with Gasteiger partial charge in [-0.25, -0.2) is 0 Å². The average Bonchev–Trinajstić information content (AvgIpc) is 3.12. The second-order valence-corrected chi connectivity index (χ2v) is 15.8. The largest absolute Gasteiger partial charge is 0.394 e. The van der Waals surface area contributed by atoms with Crippen LogP contribution in [0.25, 0.3) is 0 Å². The number of aliphatic hydroxyl groups is 2. The fraction of sp³-hybridized carbons (Fsp3) is 0.935.